The fraction of sp³-hybridized carbons (Fsp3) is 0.158. The summed E-state index contributed by atoms with van der Waals surface area (Å²) in [4.78, 5) is 14.2. The van der Waals surface area contributed by atoms with Crippen molar-refractivity contribution in [1.29, 1.82) is 0 Å². The molecule has 0 unspecified atom stereocenters. The maximum atomic E-state index is 12.8. The van der Waals surface area contributed by atoms with Crippen LogP contribution in [0.3, 0.4) is 0 Å². The Morgan fingerprint density at radius 3 is 2.73 bits per heavy atom. The molecule has 1 heterocycles. The van der Waals surface area contributed by atoms with Gasteiger partial charge in [-0.15, -0.1) is 0 Å². The molecule has 3 rings (SSSR count). The van der Waals surface area contributed by atoms with Crippen LogP contribution in [0.1, 0.15) is 12.5 Å². The molecule has 1 amide bonds. The Balaban J connectivity index is 1.94. The van der Waals surface area contributed by atoms with Gasteiger partial charge in [0.1, 0.15) is 11.4 Å². The largest absolute Gasteiger partial charge is 0.504 e. The van der Waals surface area contributed by atoms with Gasteiger partial charge >= 0.3 is 0 Å². The number of aromatic hydroxyl groups is 1. The number of carbonyl (C=O) groups is 1. The predicted octanol–water partition coefficient (Wildman–Crippen LogP) is 3.06. The van der Waals surface area contributed by atoms with Gasteiger partial charge in [-0.3, -0.25) is 4.79 Å². The van der Waals surface area contributed by atoms with Crippen LogP contribution >= 0.6 is 12.2 Å². The van der Waals surface area contributed by atoms with Crippen molar-refractivity contribution >= 4 is 35.0 Å². The van der Waals surface area contributed by atoms with Crippen LogP contribution in [0, 0.1) is 0 Å². The Hall–Kier alpha value is -3.06. The molecule has 2 aromatic rings. The minimum atomic E-state index is -0.287. The van der Waals surface area contributed by atoms with Crippen LogP contribution in [0.25, 0.3) is 6.08 Å². The molecular formula is C19H18N2O4S. The number of amides is 1. The van der Waals surface area contributed by atoms with Crippen LogP contribution < -0.4 is 19.7 Å². The van der Waals surface area contributed by atoms with Gasteiger partial charge in [0.05, 0.1) is 19.4 Å². The lowest BCUT2D eigenvalue weighted by molar-refractivity contribution is -0.113. The van der Waals surface area contributed by atoms with E-state index in [1.807, 2.05) is 19.1 Å². The van der Waals surface area contributed by atoms with Gasteiger partial charge in [0.15, 0.2) is 16.6 Å². The number of phenolic OH excluding ortho intramolecular Hbond substituents is 1. The number of rotatable bonds is 5. The summed E-state index contributed by atoms with van der Waals surface area (Å²) in [5.74, 6) is 0.669. The van der Waals surface area contributed by atoms with E-state index in [2.05, 4.69) is 5.32 Å². The molecule has 1 fully saturated rings. The van der Waals surface area contributed by atoms with E-state index in [0.717, 1.165) is 0 Å². The van der Waals surface area contributed by atoms with E-state index in [4.69, 9.17) is 21.7 Å². The number of anilines is 1. The number of methoxy groups -OCH3 is 1. The molecule has 134 valence electrons. The second kappa shape index (κ2) is 7.45. The van der Waals surface area contributed by atoms with Crippen LogP contribution in [-0.4, -0.2) is 29.8 Å². The van der Waals surface area contributed by atoms with Crippen LogP contribution in [-0.2, 0) is 4.79 Å². The lowest BCUT2D eigenvalue weighted by Gasteiger charge is -2.17. The fourth-order valence-corrected chi connectivity index (χ4v) is 2.92. The number of nitrogens with one attached hydrogen (secondary N) is 1. The summed E-state index contributed by atoms with van der Waals surface area (Å²) in [6, 6.07) is 12.0. The zero-order valence-electron chi connectivity index (χ0n) is 14.4. The van der Waals surface area contributed by atoms with E-state index in [9.17, 15) is 9.90 Å². The molecule has 6 nitrogen and oxygen atoms in total. The van der Waals surface area contributed by atoms with Crippen molar-refractivity contribution < 1.29 is 19.4 Å². The summed E-state index contributed by atoms with van der Waals surface area (Å²) in [6.45, 7) is 2.26. The van der Waals surface area contributed by atoms with Gasteiger partial charge in [-0.1, -0.05) is 18.2 Å². The first kappa shape index (κ1) is 17.8. The van der Waals surface area contributed by atoms with Gasteiger partial charge in [-0.25, -0.2) is 4.90 Å². The van der Waals surface area contributed by atoms with Crippen molar-refractivity contribution in [3.63, 3.8) is 0 Å². The second-order valence-electron chi connectivity index (χ2n) is 5.46. The summed E-state index contributed by atoms with van der Waals surface area (Å²) in [7, 11) is 1.54. The highest BCUT2D eigenvalue weighted by atomic mass is 32.1. The lowest BCUT2D eigenvalue weighted by Crippen LogP contribution is -2.30. The predicted molar refractivity (Wildman–Crippen MR) is 103 cm³/mol. The van der Waals surface area contributed by atoms with Crippen LogP contribution in [0.15, 0.2) is 48.2 Å². The molecule has 0 atom stereocenters. The Labute approximate surface area is 156 Å². The lowest BCUT2D eigenvalue weighted by atomic mass is 10.1. The number of thiocarbonyl (C=S) groups is 1. The van der Waals surface area contributed by atoms with E-state index in [0.29, 0.717) is 35.1 Å². The third-order valence-corrected chi connectivity index (χ3v) is 4.08. The Kier molecular flexibility index (Phi) is 5.09. The maximum absolute atomic E-state index is 12.8. The number of benzene rings is 2. The zero-order valence-corrected chi connectivity index (χ0v) is 15.2. The SMILES string of the molecule is CCOc1cc(/C=C2\NC(=S)N(c3ccccc3OC)C2=O)ccc1O. The van der Waals surface area contributed by atoms with E-state index in [1.165, 1.54) is 18.1 Å². The molecule has 0 bridgehead atoms. The van der Waals surface area contributed by atoms with Crippen molar-refractivity contribution in [3.05, 3.63) is 53.7 Å². The fourth-order valence-electron chi connectivity index (χ4n) is 2.63. The standard InChI is InChI=1S/C19H18N2O4S/c1-3-25-17-11-12(8-9-15(17)22)10-13-18(23)21(19(26)20-13)14-6-4-5-7-16(14)24-2/h4-11,22H,3H2,1-2H3,(H,20,26)/b13-10-. The van der Waals surface area contributed by atoms with Crippen LogP contribution in [0.4, 0.5) is 5.69 Å². The van der Waals surface area contributed by atoms with Gasteiger partial charge in [0.25, 0.3) is 5.91 Å². The Morgan fingerprint density at radius 2 is 2.00 bits per heavy atom. The monoisotopic (exact) mass is 370 g/mol. The summed E-state index contributed by atoms with van der Waals surface area (Å²) >= 11 is 5.32. The van der Waals surface area contributed by atoms with Crippen molar-refractivity contribution in [2.75, 3.05) is 18.6 Å². The third-order valence-electron chi connectivity index (χ3n) is 3.80. The highest BCUT2D eigenvalue weighted by molar-refractivity contribution is 7.80. The molecule has 1 aliphatic rings. The Morgan fingerprint density at radius 1 is 1.23 bits per heavy atom. The molecule has 0 saturated carbocycles. The molecule has 26 heavy (non-hydrogen) atoms. The number of phenols is 1. The average Bonchev–Trinajstić information content (AvgIpc) is 2.91. The minimum absolute atomic E-state index is 0.0471. The molecule has 1 saturated heterocycles. The number of hydrogen-bond donors (Lipinski definition) is 2. The number of para-hydroxylation sites is 2. The molecule has 2 N–H and O–H groups in total. The van der Waals surface area contributed by atoms with E-state index in [1.54, 1.807) is 30.3 Å². The topological polar surface area (TPSA) is 71.0 Å². The molecule has 0 radical (unpaired) electrons. The number of ether oxygens (including phenoxy) is 2. The number of hydrogen-bond acceptors (Lipinski definition) is 5. The molecule has 0 spiro atoms. The van der Waals surface area contributed by atoms with Gasteiger partial charge in [-0.2, -0.15) is 0 Å². The summed E-state index contributed by atoms with van der Waals surface area (Å²) in [6.07, 6.45) is 1.66. The highest BCUT2D eigenvalue weighted by Crippen LogP contribution is 2.32. The summed E-state index contributed by atoms with van der Waals surface area (Å²) in [5, 5.41) is 13.0. The summed E-state index contributed by atoms with van der Waals surface area (Å²) < 4.78 is 10.7. The molecule has 0 aliphatic carbocycles. The number of carbonyl (C=O) groups excluding carboxylic acids is 1. The molecule has 2 aromatic carbocycles. The van der Waals surface area contributed by atoms with Crippen molar-refractivity contribution in [2.24, 2.45) is 0 Å². The van der Waals surface area contributed by atoms with Crippen molar-refractivity contribution in [2.45, 2.75) is 6.92 Å². The van der Waals surface area contributed by atoms with Gasteiger partial charge in [0, 0.05) is 0 Å². The molecule has 7 heteroatoms. The quantitative estimate of drug-likeness (QED) is 0.623. The first-order valence-corrected chi connectivity index (χ1v) is 8.42. The van der Waals surface area contributed by atoms with E-state index < -0.39 is 0 Å². The summed E-state index contributed by atoms with van der Waals surface area (Å²) in [5.41, 5.74) is 1.60. The highest BCUT2D eigenvalue weighted by Gasteiger charge is 2.33. The number of nitrogens with zero attached hydrogens (tertiary/aromatic N) is 1. The van der Waals surface area contributed by atoms with Gasteiger partial charge in [0.2, 0.25) is 0 Å². The van der Waals surface area contributed by atoms with E-state index in [-0.39, 0.29) is 16.8 Å². The third kappa shape index (κ3) is 3.34. The average molecular weight is 370 g/mol. The molecule has 0 aromatic heterocycles. The van der Waals surface area contributed by atoms with Gasteiger partial charge < -0.3 is 19.9 Å². The normalized spacial score (nSPS) is 15.3. The van der Waals surface area contributed by atoms with E-state index >= 15 is 0 Å². The second-order valence-corrected chi connectivity index (χ2v) is 5.85. The Bertz CT molecular complexity index is 895. The molecule has 1 aliphatic heterocycles. The van der Waals surface area contributed by atoms with Crippen LogP contribution in [0.5, 0.6) is 17.2 Å². The first-order valence-electron chi connectivity index (χ1n) is 8.01. The van der Waals surface area contributed by atoms with Crippen molar-refractivity contribution in [1.82, 2.24) is 5.32 Å². The van der Waals surface area contributed by atoms with Gasteiger partial charge in [-0.05, 0) is 55.0 Å². The van der Waals surface area contributed by atoms with Crippen LogP contribution in [0.2, 0.25) is 0 Å². The maximum Gasteiger partial charge on any atom is 0.281 e. The first-order chi connectivity index (χ1) is 12.5. The molecular weight excluding hydrogens is 352 g/mol. The smallest absolute Gasteiger partial charge is 0.281 e. The van der Waals surface area contributed by atoms with Crippen molar-refractivity contribution in [3.8, 4) is 17.2 Å². The minimum Gasteiger partial charge on any atom is -0.504 e. The zero-order chi connectivity index (χ0) is 18.7.